The first-order chi connectivity index (χ1) is 5.29. The Morgan fingerprint density at radius 1 is 1.27 bits per heavy atom. The molecular weight excluding hydrogens is 208 g/mol. The van der Waals surface area contributed by atoms with E-state index in [0.717, 1.165) is 9.99 Å². The van der Waals surface area contributed by atoms with Crippen LogP contribution in [0.15, 0.2) is 16.6 Å². The molecule has 11 heavy (non-hydrogen) atoms. The van der Waals surface area contributed by atoms with Gasteiger partial charge in [-0.05, 0) is 28.1 Å². The molecule has 2 rings (SSSR count). The number of fused-ring (bicyclic) bond motifs is 1. The van der Waals surface area contributed by atoms with Crippen molar-refractivity contribution in [2.75, 3.05) is 5.73 Å². The van der Waals surface area contributed by atoms with Crippen LogP contribution in [0.2, 0.25) is 0 Å². The summed E-state index contributed by atoms with van der Waals surface area (Å²) in [5.41, 5.74) is 7.74. The number of aromatic nitrogens is 3. The van der Waals surface area contributed by atoms with Crippen LogP contribution in [-0.4, -0.2) is 15.4 Å². The van der Waals surface area contributed by atoms with E-state index < -0.39 is 0 Å². The molecule has 0 spiro atoms. The number of nitrogen functional groups attached to an aromatic ring is 1. The van der Waals surface area contributed by atoms with E-state index in [1.807, 2.05) is 6.07 Å². The van der Waals surface area contributed by atoms with Gasteiger partial charge >= 0.3 is 0 Å². The van der Waals surface area contributed by atoms with Gasteiger partial charge in [0.15, 0.2) is 0 Å². The fourth-order valence-electron chi connectivity index (χ4n) is 0.919. The summed E-state index contributed by atoms with van der Waals surface area (Å²) >= 11 is 3.33. The van der Waals surface area contributed by atoms with Crippen molar-refractivity contribution in [2.45, 2.75) is 0 Å². The van der Waals surface area contributed by atoms with Crippen LogP contribution < -0.4 is 5.73 Å². The molecule has 1 heterocycles. The van der Waals surface area contributed by atoms with Gasteiger partial charge < -0.3 is 5.73 Å². The van der Waals surface area contributed by atoms with Crippen LogP contribution in [0, 0.1) is 0 Å². The number of nitrogens with one attached hydrogen (secondary N) is 1. The predicted octanol–water partition coefficient (Wildman–Crippen LogP) is 1.30. The number of nitrogens with zero attached hydrogens (tertiary/aromatic N) is 2. The zero-order chi connectivity index (χ0) is 7.84. The fraction of sp³-hybridized carbons (Fsp3) is 0. The van der Waals surface area contributed by atoms with E-state index in [-0.39, 0.29) is 0 Å². The zero-order valence-corrected chi connectivity index (χ0v) is 7.09. The second kappa shape index (κ2) is 2.20. The Bertz CT molecular complexity index is 358. The summed E-state index contributed by atoms with van der Waals surface area (Å²) in [5.74, 6) is 0. The number of rotatable bonds is 0. The summed E-state index contributed by atoms with van der Waals surface area (Å²) in [4.78, 5) is 0. The van der Waals surface area contributed by atoms with Crippen molar-refractivity contribution >= 4 is 32.7 Å². The van der Waals surface area contributed by atoms with Crippen molar-refractivity contribution in [1.82, 2.24) is 15.4 Å². The molecule has 0 saturated heterocycles. The lowest BCUT2D eigenvalue weighted by Crippen LogP contribution is -1.85. The highest BCUT2D eigenvalue weighted by atomic mass is 79.9. The van der Waals surface area contributed by atoms with E-state index in [4.69, 9.17) is 5.73 Å². The maximum atomic E-state index is 5.63. The van der Waals surface area contributed by atoms with Crippen molar-refractivity contribution in [3.05, 3.63) is 16.6 Å². The molecule has 2 aromatic rings. The minimum atomic E-state index is 0.636. The molecule has 56 valence electrons. The molecule has 0 radical (unpaired) electrons. The quantitative estimate of drug-likeness (QED) is 0.648. The average molecular weight is 213 g/mol. The first-order valence-corrected chi connectivity index (χ1v) is 3.83. The Morgan fingerprint density at radius 2 is 2.00 bits per heavy atom. The summed E-state index contributed by atoms with van der Waals surface area (Å²) in [6.07, 6.45) is 0. The third-order valence-electron chi connectivity index (χ3n) is 1.46. The molecule has 0 unspecified atom stereocenters. The summed E-state index contributed by atoms with van der Waals surface area (Å²) < 4.78 is 0.899. The number of hydrogen-bond donors (Lipinski definition) is 2. The number of aromatic amines is 1. The minimum absolute atomic E-state index is 0.636. The molecule has 3 N–H and O–H groups in total. The molecule has 1 aromatic carbocycles. The van der Waals surface area contributed by atoms with Crippen LogP contribution in [0.3, 0.4) is 0 Å². The normalized spacial score (nSPS) is 10.6. The number of nitrogens with two attached hydrogens (primary N) is 1. The third kappa shape index (κ3) is 0.883. The number of H-pyrrole nitrogens is 1. The van der Waals surface area contributed by atoms with Crippen molar-refractivity contribution in [3.8, 4) is 0 Å². The highest BCUT2D eigenvalue weighted by Gasteiger charge is 2.04. The van der Waals surface area contributed by atoms with Crippen LogP contribution in [0.4, 0.5) is 5.69 Å². The molecular formula is C6H5BrN4. The third-order valence-corrected chi connectivity index (χ3v) is 2.10. The smallest absolute Gasteiger partial charge is 0.136 e. The van der Waals surface area contributed by atoms with Crippen molar-refractivity contribution in [3.63, 3.8) is 0 Å². The van der Waals surface area contributed by atoms with Gasteiger partial charge in [-0.15, -0.1) is 0 Å². The molecule has 0 amide bonds. The van der Waals surface area contributed by atoms with Crippen molar-refractivity contribution < 1.29 is 0 Å². The molecule has 1 aromatic heterocycles. The number of hydrogen-bond acceptors (Lipinski definition) is 3. The molecule has 0 saturated carbocycles. The predicted molar refractivity (Wildman–Crippen MR) is 46.0 cm³/mol. The van der Waals surface area contributed by atoms with E-state index >= 15 is 0 Å². The molecule has 0 aliphatic heterocycles. The molecule has 0 aliphatic carbocycles. The van der Waals surface area contributed by atoms with Crippen LogP contribution in [0.1, 0.15) is 0 Å². The molecule has 0 atom stereocenters. The minimum Gasteiger partial charge on any atom is -0.397 e. The molecule has 4 nitrogen and oxygen atoms in total. The van der Waals surface area contributed by atoms with Gasteiger partial charge in [-0.25, -0.2) is 0 Å². The maximum Gasteiger partial charge on any atom is 0.136 e. The topological polar surface area (TPSA) is 67.6 Å². The van der Waals surface area contributed by atoms with Gasteiger partial charge in [0.25, 0.3) is 0 Å². The Hall–Kier alpha value is -1.10. The lowest BCUT2D eigenvalue weighted by molar-refractivity contribution is 0.959. The van der Waals surface area contributed by atoms with Crippen LogP contribution in [-0.2, 0) is 0 Å². The van der Waals surface area contributed by atoms with Crippen molar-refractivity contribution in [2.24, 2.45) is 0 Å². The largest absolute Gasteiger partial charge is 0.397 e. The molecule has 0 aliphatic rings. The second-order valence-electron chi connectivity index (χ2n) is 2.16. The lowest BCUT2D eigenvalue weighted by atomic mass is 10.3. The maximum absolute atomic E-state index is 5.63. The van der Waals surface area contributed by atoms with Gasteiger partial charge in [-0.3, -0.25) is 0 Å². The Morgan fingerprint density at radius 3 is 2.73 bits per heavy atom. The van der Waals surface area contributed by atoms with E-state index in [1.165, 1.54) is 0 Å². The second-order valence-corrected chi connectivity index (χ2v) is 3.01. The highest BCUT2D eigenvalue weighted by Crippen LogP contribution is 2.23. The van der Waals surface area contributed by atoms with Crippen LogP contribution in [0.25, 0.3) is 11.0 Å². The molecule has 0 fully saturated rings. The van der Waals surface area contributed by atoms with E-state index in [0.29, 0.717) is 11.2 Å². The first kappa shape index (κ1) is 6.60. The SMILES string of the molecule is Nc1ccc(Br)c2n[nH]nc12. The number of halogens is 1. The van der Waals surface area contributed by atoms with Gasteiger partial charge in [0.05, 0.1) is 5.69 Å². The molecule has 0 bridgehead atoms. The van der Waals surface area contributed by atoms with Crippen LogP contribution >= 0.6 is 15.9 Å². The van der Waals surface area contributed by atoms with E-state index in [9.17, 15) is 0 Å². The zero-order valence-electron chi connectivity index (χ0n) is 5.50. The standard InChI is InChI=1S/C6H5BrN4/c7-3-1-2-4(8)6-5(3)9-11-10-6/h1-2H,8H2,(H,9,10,11). The van der Waals surface area contributed by atoms with Gasteiger partial charge in [0.2, 0.25) is 0 Å². The van der Waals surface area contributed by atoms with Crippen LogP contribution in [0.5, 0.6) is 0 Å². The Balaban J connectivity index is 2.96. The lowest BCUT2D eigenvalue weighted by Gasteiger charge is -1.93. The Kier molecular flexibility index (Phi) is 1.32. The van der Waals surface area contributed by atoms with E-state index in [1.54, 1.807) is 6.07 Å². The summed E-state index contributed by atoms with van der Waals surface area (Å²) in [6.45, 7) is 0. The van der Waals surface area contributed by atoms with Gasteiger partial charge in [0.1, 0.15) is 11.0 Å². The number of anilines is 1. The summed E-state index contributed by atoms with van der Waals surface area (Å²) in [5, 5.41) is 10.3. The molecule has 5 heteroatoms. The van der Waals surface area contributed by atoms with Gasteiger partial charge in [-0.1, -0.05) is 0 Å². The summed E-state index contributed by atoms with van der Waals surface area (Å²) in [7, 11) is 0. The summed E-state index contributed by atoms with van der Waals surface area (Å²) in [6, 6.07) is 3.63. The van der Waals surface area contributed by atoms with Crippen molar-refractivity contribution in [1.29, 1.82) is 0 Å². The van der Waals surface area contributed by atoms with E-state index in [2.05, 4.69) is 31.3 Å². The van der Waals surface area contributed by atoms with Gasteiger partial charge in [-0.2, -0.15) is 15.4 Å². The number of benzene rings is 1. The van der Waals surface area contributed by atoms with Gasteiger partial charge in [0, 0.05) is 4.47 Å². The average Bonchev–Trinajstić information content (AvgIpc) is 2.45. The Labute approximate surface area is 70.9 Å². The first-order valence-electron chi connectivity index (χ1n) is 3.03. The highest BCUT2D eigenvalue weighted by molar-refractivity contribution is 9.10. The monoisotopic (exact) mass is 212 g/mol. The fourth-order valence-corrected chi connectivity index (χ4v) is 1.33.